The molecule has 0 aliphatic heterocycles. The largest absolute Gasteiger partial charge is 1.00 e. The van der Waals surface area contributed by atoms with E-state index in [1.807, 2.05) is 0 Å². The van der Waals surface area contributed by atoms with Crippen LogP contribution in [0.4, 0.5) is 0 Å². The summed E-state index contributed by atoms with van der Waals surface area (Å²) >= 11 is 0. The Hall–Kier alpha value is 1.35. The number of rotatable bonds is 18. The molecular formula is C30H46Na3O5P. The average molecular weight is 587 g/mol. The van der Waals surface area contributed by atoms with Gasteiger partial charge >= 0.3 is 88.7 Å². The molecule has 0 amide bonds. The Bertz CT molecular complexity index is 796. The molecule has 0 spiro atoms. The van der Waals surface area contributed by atoms with Gasteiger partial charge in [-0.05, 0) is 48.9 Å². The summed E-state index contributed by atoms with van der Waals surface area (Å²) in [6.07, 6.45) is 21.1. The molecule has 39 heavy (non-hydrogen) atoms. The Labute approximate surface area is 304 Å². The fourth-order valence-electron chi connectivity index (χ4n) is 4.28. The van der Waals surface area contributed by atoms with Crippen LogP contribution < -0.4 is 108 Å². The number of phosphoric acid groups is 1. The Morgan fingerprint density at radius 1 is 0.538 bits per heavy atom. The zero-order chi connectivity index (χ0) is 26.5. The van der Waals surface area contributed by atoms with E-state index in [9.17, 15) is 0 Å². The van der Waals surface area contributed by atoms with E-state index in [2.05, 4.69) is 62.4 Å². The van der Waals surface area contributed by atoms with E-state index >= 15 is 0 Å². The minimum atomic E-state index is -5.39. The van der Waals surface area contributed by atoms with Gasteiger partial charge in [-0.2, -0.15) is 7.82 Å². The van der Waals surface area contributed by atoms with Crippen molar-refractivity contribution in [1.29, 1.82) is 0 Å². The van der Waals surface area contributed by atoms with Crippen molar-refractivity contribution in [1.82, 2.24) is 0 Å². The van der Waals surface area contributed by atoms with E-state index in [1.165, 1.54) is 101 Å². The van der Waals surface area contributed by atoms with Gasteiger partial charge in [0.15, 0.2) is 0 Å². The molecule has 0 unspecified atom stereocenters. The Morgan fingerprint density at radius 3 is 1.15 bits per heavy atom. The minimum absolute atomic E-state index is 0. The maximum absolute atomic E-state index is 8.55. The van der Waals surface area contributed by atoms with Crippen LogP contribution in [0.5, 0.6) is 11.5 Å². The summed E-state index contributed by atoms with van der Waals surface area (Å²) in [7, 11) is -5.39. The van der Waals surface area contributed by atoms with Crippen LogP contribution in [0.2, 0.25) is 0 Å². The first-order chi connectivity index (χ1) is 17.3. The van der Waals surface area contributed by atoms with Crippen LogP contribution in [0.25, 0.3) is 0 Å². The molecule has 0 aliphatic rings. The molecule has 0 bridgehead atoms. The molecule has 0 saturated carbocycles. The van der Waals surface area contributed by atoms with Gasteiger partial charge in [0.2, 0.25) is 0 Å². The van der Waals surface area contributed by atoms with E-state index in [1.54, 1.807) is 0 Å². The first kappa shape index (κ1) is 44.8. The first-order valence-electron chi connectivity index (χ1n) is 13.9. The summed E-state index contributed by atoms with van der Waals surface area (Å²) in [5.74, 6) is 2.08. The zero-order valence-electron chi connectivity index (χ0n) is 25.4. The van der Waals surface area contributed by atoms with Crippen LogP contribution in [0.1, 0.15) is 115 Å². The molecule has 0 aromatic heterocycles. The van der Waals surface area contributed by atoms with Gasteiger partial charge in [0.1, 0.15) is 11.5 Å². The average Bonchev–Trinajstić information content (AvgIpc) is 2.84. The number of benzene rings is 2. The van der Waals surface area contributed by atoms with Crippen molar-refractivity contribution in [2.24, 2.45) is 0 Å². The molecule has 0 saturated heterocycles. The number of hydrogen-bond acceptors (Lipinski definition) is 5. The summed E-state index contributed by atoms with van der Waals surface area (Å²) in [6.45, 7) is 4.56. The third kappa shape index (κ3) is 26.7. The second kappa shape index (κ2) is 29.4. The standard InChI is InChI=1S/C30H46O.3Na.H3O4P/c1-3-5-7-9-11-13-15-21-27-23-17-19-25-29(27)31-30-26-20-18-24-28(30)22-16-14-12-10-8-6-4-2;;;;1-5(2,3)4/h17-20,23-26H,3-16,21-22H2,1-2H3;;;;(H3,1,2,3,4)/q;3*+1;/p-3. The van der Waals surface area contributed by atoms with Crippen molar-refractivity contribution in [3.63, 3.8) is 0 Å². The SMILES string of the molecule is CCCCCCCCCc1ccccc1Oc1ccccc1CCCCCCCCC.O=P([O-])([O-])[O-].[Na+].[Na+].[Na+]. The summed E-state index contributed by atoms with van der Waals surface area (Å²) in [4.78, 5) is 25.6. The molecule has 204 valence electrons. The fourth-order valence-corrected chi connectivity index (χ4v) is 4.28. The van der Waals surface area contributed by atoms with Gasteiger partial charge in [-0.15, -0.1) is 0 Å². The van der Waals surface area contributed by atoms with Crippen LogP contribution >= 0.6 is 7.82 Å². The quantitative estimate of drug-likeness (QED) is 0.117. The molecule has 2 aromatic rings. The predicted molar refractivity (Wildman–Crippen MR) is 144 cm³/mol. The van der Waals surface area contributed by atoms with E-state index < -0.39 is 7.82 Å². The van der Waals surface area contributed by atoms with E-state index in [4.69, 9.17) is 24.0 Å². The monoisotopic (exact) mass is 586 g/mol. The third-order valence-corrected chi connectivity index (χ3v) is 6.26. The van der Waals surface area contributed by atoms with Crippen molar-refractivity contribution in [2.45, 2.75) is 117 Å². The van der Waals surface area contributed by atoms with Crippen molar-refractivity contribution >= 4 is 7.82 Å². The molecule has 0 heterocycles. The second-order valence-corrected chi connectivity index (χ2v) is 10.4. The molecule has 2 rings (SSSR count). The number of unbranched alkanes of at least 4 members (excludes halogenated alkanes) is 12. The van der Waals surface area contributed by atoms with E-state index in [0.717, 1.165) is 24.3 Å². The first-order valence-corrected chi connectivity index (χ1v) is 15.4. The molecule has 0 fully saturated rings. The van der Waals surface area contributed by atoms with Crippen molar-refractivity contribution < 1.29 is 113 Å². The molecule has 0 aliphatic carbocycles. The maximum Gasteiger partial charge on any atom is 1.00 e. The smallest absolute Gasteiger partial charge is 0.822 e. The second-order valence-electron chi connectivity index (χ2n) is 9.51. The summed E-state index contributed by atoms with van der Waals surface area (Å²) in [5, 5.41) is 0. The zero-order valence-corrected chi connectivity index (χ0v) is 32.3. The fraction of sp³-hybridized carbons (Fsp3) is 0.600. The Morgan fingerprint density at radius 2 is 0.821 bits per heavy atom. The number of hydrogen-bond donors (Lipinski definition) is 0. The van der Waals surface area contributed by atoms with E-state index in [-0.39, 0.29) is 88.7 Å². The molecule has 2 aromatic carbocycles. The van der Waals surface area contributed by atoms with E-state index in [0.29, 0.717) is 0 Å². The Balaban J connectivity index is -0.00000148. The molecule has 0 N–H and O–H groups in total. The van der Waals surface area contributed by atoms with Gasteiger partial charge in [0.25, 0.3) is 0 Å². The van der Waals surface area contributed by atoms with Crippen molar-refractivity contribution in [3.05, 3.63) is 59.7 Å². The van der Waals surface area contributed by atoms with Gasteiger partial charge in [0, 0.05) is 0 Å². The van der Waals surface area contributed by atoms with Crippen LogP contribution in [0.3, 0.4) is 0 Å². The van der Waals surface area contributed by atoms with Gasteiger partial charge in [-0.25, -0.2) is 0 Å². The molecule has 5 nitrogen and oxygen atoms in total. The molecule has 0 atom stereocenters. The van der Waals surface area contributed by atoms with Crippen LogP contribution in [0.15, 0.2) is 48.5 Å². The number of ether oxygens (including phenoxy) is 1. The van der Waals surface area contributed by atoms with Crippen LogP contribution in [-0.2, 0) is 17.4 Å². The van der Waals surface area contributed by atoms with Gasteiger partial charge in [-0.1, -0.05) is 127 Å². The number of aryl methyl sites for hydroxylation is 2. The predicted octanol–water partition coefficient (Wildman–Crippen LogP) is -1.75. The summed E-state index contributed by atoms with van der Waals surface area (Å²) < 4.78 is 15.0. The molecule has 9 heteroatoms. The summed E-state index contributed by atoms with van der Waals surface area (Å²) in [6, 6.07) is 17.3. The molecule has 0 radical (unpaired) electrons. The van der Waals surface area contributed by atoms with Crippen molar-refractivity contribution in [3.8, 4) is 11.5 Å². The minimum Gasteiger partial charge on any atom is -0.822 e. The maximum atomic E-state index is 8.55. The van der Waals surface area contributed by atoms with Crippen molar-refractivity contribution in [2.75, 3.05) is 0 Å². The van der Waals surface area contributed by atoms with Gasteiger partial charge < -0.3 is 24.0 Å². The van der Waals surface area contributed by atoms with Crippen LogP contribution in [0, 0.1) is 0 Å². The number of para-hydroxylation sites is 2. The van der Waals surface area contributed by atoms with Gasteiger partial charge in [0.05, 0.1) is 0 Å². The topological polar surface area (TPSA) is 95.5 Å². The Kier molecular flexibility index (Phi) is 33.8. The normalized spacial score (nSPS) is 10.3. The summed E-state index contributed by atoms with van der Waals surface area (Å²) in [5.41, 5.74) is 2.70. The van der Waals surface area contributed by atoms with Gasteiger partial charge in [-0.3, -0.25) is 0 Å². The van der Waals surface area contributed by atoms with Crippen LogP contribution in [-0.4, -0.2) is 0 Å². The molecular weight excluding hydrogens is 540 g/mol. The third-order valence-electron chi connectivity index (χ3n) is 6.26.